The Bertz CT molecular complexity index is 488. The fourth-order valence-electron chi connectivity index (χ4n) is 1.92. The number of fused-ring (bicyclic) bond motifs is 1. The third-order valence-electron chi connectivity index (χ3n) is 2.61. The molecular weight excluding hydrogens is 254 g/mol. The predicted octanol–water partition coefficient (Wildman–Crippen LogP) is 2.86. The SMILES string of the molecule is CC(O)Cc1cc2cccc(Br)c2n1C. The first-order valence-electron chi connectivity index (χ1n) is 5.00. The Hall–Kier alpha value is -0.800. The number of halogens is 1. The summed E-state index contributed by atoms with van der Waals surface area (Å²) in [6, 6.07) is 8.28. The normalized spacial score (nSPS) is 13.3. The van der Waals surface area contributed by atoms with Crippen LogP contribution in [-0.2, 0) is 13.5 Å². The Morgan fingerprint density at radius 1 is 1.47 bits per heavy atom. The number of aromatic nitrogens is 1. The van der Waals surface area contributed by atoms with Crippen LogP contribution in [0.5, 0.6) is 0 Å². The number of aryl methyl sites for hydroxylation is 1. The van der Waals surface area contributed by atoms with E-state index in [2.05, 4.69) is 32.6 Å². The number of hydrogen-bond acceptors (Lipinski definition) is 1. The Morgan fingerprint density at radius 2 is 2.20 bits per heavy atom. The summed E-state index contributed by atoms with van der Waals surface area (Å²) in [4.78, 5) is 0. The second-order valence-corrected chi connectivity index (χ2v) is 4.78. The molecule has 0 bridgehead atoms. The van der Waals surface area contributed by atoms with E-state index in [-0.39, 0.29) is 6.10 Å². The fourth-order valence-corrected chi connectivity index (χ4v) is 2.57. The summed E-state index contributed by atoms with van der Waals surface area (Å²) in [5.41, 5.74) is 2.35. The lowest BCUT2D eigenvalue weighted by Crippen LogP contribution is -2.07. The molecule has 1 atom stereocenters. The molecule has 15 heavy (non-hydrogen) atoms. The van der Waals surface area contributed by atoms with Crippen LogP contribution in [0.4, 0.5) is 0 Å². The van der Waals surface area contributed by atoms with Crippen molar-refractivity contribution in [1.82, 2.24) is 4.57 Å². The van der Waals surface area contributed by atoms with E-state index in [1.54, 1.807) is 0 Å². The summed E-state index contributed by atoms with van der Waals surface area (Å²) in [5, 5.41) is 10.6. The zero-order valence-electron chi connectivity index (χ0n) is 8.87. The van der Waals surface area contributed by atoms with Gasteiger partial charge in [-0.2, -0.15) is 0 Å². The first-order valence-corrected chi connectivity index (χ1v) is 5.80. The Kier molecular flexibility index (Phi) is 2.85. The van der Waals surface area contributed by atoms with Crippen molar-refractivity contribution in [3.05, 3.63) is 34.4 Å². The van der Waals surface area contributed by atoms with Gasteiger partial charge in [0, 0.05) is 29.0 Å². The van der Waals surface area contributed by atoms with Crippen molar-refractivity contribution < 1.29 is 5.11 Å². The molecule has 1 unspecified atom stereocenters. The Morgan fingerprint density at radius 3 is 2.80 bits per heavy atom. The van der Waals surface area contributed by atoms with Crippen LogP contribution in [0.2, 0.25) is 0 Å². The van der Waals surface area contributed by atoms with E-state index in [0.717, 1.165) is 10.2 Å². The lowest BCUT2D eigenvalue weighted by Gasteiger charge is -2.06. The molecule has 0 fully saturated rings. The monoisotopic (exact) mass is 267 g/mol. The summed E-state index contributed by atoms with van der Waals surface area (Å²) in [6.45, 7) is 1.81. The van der Waals surface area contributed by atoms with E-state index < -0.39 is 0 Å². The van der Waals surface area contributed by atoms with Crippen LogP contribution in [0.15, 0.2) is 28.7 Å². The summed E-state index contributed by atoms with van der Waals surface area (Å²) in [6.07, 6.45) is 0.393. The minimum Gasteiger partial charge on any atom is -0.393 e. The first-order chi connectivity index (χ1) is 7.09. The molecule has 0 saturated heterocycles. The van der Waals surface area contributed by atoms with Gasteiger partial charge in [-0.1, -0.05) is 12.1 Å². The third kappa shape index (κ3) is 1.94. The topological polar surface area (TPSA) is 25.2 Å². The van der Waals surface area contributed by atoms with E-state index in [0.29, 0.717) is 6.42 Å². The highest BCUT2D eigenvalue weighted by molar-refractivity contribution is 9.10. The van der Waals surface area contributed by atoms with Gasteiger partial charge in [0.05, 0.1) is 11.6 Å². The number of hydrogen-bond donors (Lipinski definition) is 1. The molecule has 0 radical (unpaired) electrons. The second kappa shape index (κ2) is 3.99. The maximum Gasteiger partial charge on any atom is 0.0624 e. The van der Waals surface area contributed by atoms with Crippen molar-refractivity contribution in [2.24, 2.45) is 7.05 Å². The average molecular weight is 268 g/mol. The Balaban J connectivity index is 2.59. The molecule has 0 amide bonds. The maximum absolute atomic E-state index is 9.40. The summed E-state index contributed by atoms with van der Waals surface area (Å²) in [5.74, 6) is 0. The van der Waals surface area contributed by atoms with Crippen molar-refractivity contribution in [1.29, 1.82) is 0 Å². The van der Waals surface area contributed by atoms with E-state index in [9.17, 15) is 5.11 Å². The molecule has 2 rings (SSSR count). The van der Waals surface area contributed by atoms with Gasteiger partial charge in [0.2, 0.25) is 0 Å². The van der Waals surface area contributed by atoms with E-state index in [1.807, 2.05) is 26.1 Å². The molecule has 2 aromatic rings. The van der Waals surface area contributed by atoms with Gasteiger partial charge in [-0.05, 0) is 35.0 Å². The molecular formula is C12H14BrNO. The van der Waals surface area contributed by atoms with Gasteiger partial charge in [0.1, 0.15) is 0 Å². The van der Waals surface area contributed by atoms with Gasteiger partial charge in [-0.25, -0.2) is 0 Å². The van der Waals surface area contributed by atoms with Gasteiger partial charge in [0.15, 0.2) is 0 Å². The van der Waals surface area contributed by atoms with Crippen LogP contribution in [0.3, 0.4) is 0 Å². The van der Waals surface area contributed by atoms with Gasteiger partial charge in [0.25, 0.3) is 0 Å². The smallest absolute Gasteiger partial charge is 0.0624 e. The van der Waals surface area contributed by atoms with Crippen molar-refractivity contribution in [2.45, 2.75) is 19.4 Å². The van der Waals surface area contributed by atoms with Crippen LogP contribution in [0, 0.1) is 0 Å². The van der Waals surface area contributed by atoms with Crippen LogP contribution in [-0.4, -0.2) is 15.8 Å². The molecule has 0 aliphatic rings. The highest BCUT2D eigenvalue weighted by Crippen LogP contribution is 2.26. The second-order valence-electron chi connectivity index (χ2n) is 3.93. The van der Waals surface area contributed by atoms with Crippen LogP contribution in [0.25, 0.3) is 10.9 Å². The van der Waals surface area contributed by atoms with E-state index >= 15 is 0 Å². The average Bonchev–Trinajstić information content (AvgIpc) is 2.44. The Labute approximate surface area is 97.7 Å². The number of benzene rings is 1. The largest absolute Gasteiger partial charge is 0.393 e. The molecule has 80 valence electrons. The molecule has 1 N–H and O–H groups in total. The van der Waals surface area contributed by atoms with Crippen LogP contribution < -0.4 is 0 Å². The molecule has 3 heteroatoms. The number of rotatable bonds is 2. The number of para-hydroxylation sites is 1. The zero-order valence-corrected chi connectivity index (χ0v) is 10.5. The van der Waals surface area contributed by atoms with Crippen LogP contribution in [0.1, 0.15) is 12.6 Å². The lowest BCUT2D eigenvalue weighted by atomic mass is 10.2. The van der Waals surface area contributed by atoms with Crippen molar-refractivity contribution >= 4 is 26.8 Å². The summed E-state index contributed by atoms with van der Waals surface area (Å²) in [7, 11) is 2.03. The highest BCUT2D eigenvalue weighted by Gasteiger charge is 2.09. The number of nitrogens with zero attached hydrogens (tertiary/aromatic N) is 1. The molecule has 1 aromatic carbocycles. The summed E-state index contributed by atoms with van der Waals surface area (Å²) >= 11 is 3.54. The zero-order chi connectivity index (χ0) is 11.0. The van der Waals surface area contributed by atoms with Crippen molar-refractivity contribution in [3.63, 3.8) is 0 Å². The van der Waals surface area contributed by atoms with Crippen molar-refractivity contribution in [3.8, 4) is 0 Å². The minimum absolute atomic E-state index is 0.299. The minimum atomic E-state index is -0.299. The molecule has 1 heterocycles. The first kappa shape index (κ1) is 10.7. The molecule has 0 aliphatic carbocycles. The quantitative estimate of drug-likeness (QED) is 0.890. The molecule has 2 nitrogen and oxygen atoms in total. The van der Waals surface area contributed by atoms with Gasteiger partial charge in [-0.15, -0.1) is 0 Å². The van der Waals surface area contributed by atoms with Crippen LogP contribution >= 0.6 is 15.9 Å². The van der Waals surface area contributed by atoms with E-state index in [1.165, 1.54) is 10.9 Å². The standard InChI is InChI=1S/C12H14BrNO/c1-8(15)6-10-7-9-4-3-5-11(13)12(9)14(10)2/h3-5,7-8,15H,6H2,1-2H3. The summed E-state index contributed by atoms with van der Waals surface area (Å²) < 4.78 is 3.23. The third-order valence-corrected chi connectivity index (χ3v) is 3.25. The molecule has 0 aliphatic heterocycles. The van der Waals surface area contributed by atoms with E-state index in [4.69, 9.17) is 0 Å². The number of aliphatic hydroxyl groups excluding tert-OH is 1. The fraction of sp³-hybridized carbons (Fsp3) is 0.333. The van der Waals surface area contributed by atoms with Gasteiger partial charge >= 0.3 is 0 Å². The number of aliphatic hydroxyl groups is 1. The van der Waals surface area contributed by atoms with Gasteiger partial charge in [-0.3, -0.25) is 0 Å². The molecule has 1 aromatic heterocycles. The van der Waals surface area contributed by atoms with Gasteiger partial charge < -0.3 is 9.67 Å². The lowest BCUT2D eigenvalue weighted by molar-refractivity contribution is 0.193. The van der Waals surface area contributed by atoms with Crippen molar-refractivity contribution in [2.75, 3.05) is 0 Å². The highest BCUT2D eigenvalue weighted by atomic mass is 79.9. The maximum atomic E-state index is 9.40. The predicted molar refractivity (Wildman–Crippen MR) is 66.0 cm³/mol. The molecule has 0 saturated carbocycles. The molecule has 0 spiro atoms.